The lowest BCUT2D eigenvalue weighted by atomic mass is 9.78. The summed E-state index contributed by atoms with van der Waals surface area (Å²) >= 11 is 3.44. The summed E-state index contributed by atoms with van der Waals surface area (Å²) in [5.41, 5.74) is 5.52. The Balaban J connectivity index is 2.28. The SMILES string of the molecule is CCC1(C)CC(Nc2cccc(Br)c2)(C(N)=O)CCO1. The molecule has 0 radical (unpaired) electrons. The van der Waals surface area contributed by atoms with Crippen molar-refractivity contribution in [3.63, 3.8) is 0 Å². The lowest BCUT2D eigenvalue weighted by Gasteiger charge is -2.45. The van der Waals surface area contributed by atoms with E-state index >= 15 is 0 Å². The van der Waals surface area contributed by atoms with Crippen LogP contribution in [-0.4, -0.2) is 23.7 Å². The number of amides is 1. The molecule has 0 aromatic heterocycles. The predicted octanol–water partition coefficient (Wildman–Crippen LogP) is 3.06. The highest BCUT2D eigenvalue weighted by molar-refractivity contribution is 9.10. The van der Waals surface area contributed by atoms with E-state index in [2.05, 4.69) is 28.2 Å². The van der Waals surface area contributed by atoms with Gasteiger partial charge in [0.2, 0.25) is 5.91 Å². The summed E-state index contributed by atoms with van der Waals surface area (Å²) in [5, 5.41) is 3.34. The van der Waals surface area contributed by atoms with Crippen LogP contribution in [0.4, 0.5) is 5.69 Å². The molecule has 1 saturated heterocycles. The standard InChI is InChI=1S/C15H21BrN2O2/c1-3-14(2)10-15(13(17)19,7-8-20-14)18-12-6-4-5-11(16)9-12/h4-6,9,18H,3,7-8,10H2,1-2H3,(H2,17,19). The molecule has 3 N–H and O–H groups in total. The van der Waals surface area contributed by atoms with Gasteiger partial charge in [0.05, 0.1) is 12.2 Å². The van der Waals surface area contributed by atoms with Crippen LogP contribution in [0.25, 0.3) is 0 Å². The van der Waals surface area contributed by atoms with E-state index in [1.165, 1.54) is 0 Å². The number of nitrogens with one attached hydrogen (secondary N) is 1. The lowest BCUT2D eigenvalue weighted by Crippen LogP contribution is -2.59. The van der Waals surface area contributed by atoms with E-state index in [1.807, 2.05) is 31.2 Å². The number of benzene rings is 1. The summed E-state index contributed by atoms with van der Waals surface area (Å²) in [6, 6.07) is 7.76. The molecule has 20 heavy (non-hydrogen) atoms. The van der Waals surface area contributed by atoms with Gasteiger partial charge in [-0.15, -0.1) is 0 Å². The third-order valence-corrected chi connectivity index (χ3v) is 4.58. The largest absolute Gasteiger partial charge is 0.375 e. The molecular weight excluding hydrogens is 320 g/mol. The van der Waals surface area contributed by atoms with Crippen LogP contribution in [0.5, 0.6) is 0 Å². The Morgan fingerprint density at radius 3 is 2.90 bits per heavy atom. The van der Waals surface area contributed by atoms with E-state index in [4.69, 9.17) is 10.5 Å². The molecular formula is C15H21BrN2O2. The molecule has 1 amide bonds. The van der Waals surface area contributed by atoms with Crippen LogP contribution in [0.3, 0.4) is 0 Å². The molecule has 1 aliphatic heterocycles. The molecule has 2 atom stereocenters. The van der Waals surface area contributed by atoms with Crippen LogP contribution < -0.4 is 11.1 Å². The zero-order valence-corrected chi connectivity index (χ0v) is 13.5. The Bertz CT molecular complexity index is 508. The van der Waals surface area contributed by atoms with Crippen LogP contribution in [0.15, 0.2) is 28.7 Å². The Labute approximate surface area is 128 Å². The molecule has 4 nitrogen and oxygen atoms in total. The van der Waals surface area contributed by atoms with E-state index in [-0.39, 0.29) is 11.5 Å². The van der Waals surface area contributed by atoms with Gasteiger partial charge in [-0.3, -0.25) is 4.79 Å². The summed E-state index contributed by atoms with van der Waals surface area (Å²) in [6.07, 6.45) is 2.02. The average molecular weight is 341 g/mol. The van der Waals surface area contributed by atoms with Gasteiger partial charge < -0.3 is 15.8 Å². The molecule has 1 fully saturated rings. The van der Waals surface area contributed by atoms with E-state index in [0.717, 1.165) is 16.6 Å². The second-order valence-electron chi connectivity index (χ2n) is 5.66. The fourth-order valence-corrected chi connectivity index (χ4v) is 3.10. The Kier molecular flexibility index (Phi) is 4.39. The van der Waals surface area contributed by atoms with Crippen LogP contribution in [0.2, 0.25) is 0 Å². The van der Waals surface area contributed by atoms with E-state index in [9.17, 15) is 4.79 Å². The first-order chi connectivity index (χ1) is 9.39. The topological polar surface area (TPSA) is 64.3 Å². The van der Waals surface area contributed by atoms with Gasteiger partial charge in [0, 0.05) is 23.0 Å². The lowest BCUT2D eigenvalue weighted by molar-refractivity contribution is -0.135. The number of rotatable bonds is 4. The van der Waals surface area contributed by atoms with E-state index in [0.29, 0.717) is 19.4 Å². The zero-order chi connectivity index (χ0) is 14.8. The molecule has 5 heteroatoms. The first-order valence-electron chi connectivity index (χ1n) is 6.87. The van der Waals surface area contributed by atoms with Crippen molar-refractivity contribution in [2.75, 3.05) is 11.9 Å². The fraction of sp³-hybridized carbons (Fsp3) is 0.533. The second kappa shape index (κ2) is 5.74. The van der Waals surface area contributed by atoms with Gasteiger partial charge >= 0.3 is 0 Å². The maximum atomic E-state index is 12.1. The molecule has 1 aromatic rings. The number of hydrogen-bond donors (Lipinski definition) is 2. The van der Waals surface area contributed by atoms with Crippen LogP contribution in [0, 0.1) is 0 Å². The summed E-state index contributed by atoms with van der Waals surface area (Å²) in [6.45, 7) is 4.64. The van der Waals surface area contributed by atoms with Crippen molar-refractivity contribution in [1.82, 2.24) is 0 Å². The number of hydrogen-bond acceptors (Lipinski definition) is 3. The average Bonchev–Trinajstić information content (AvgIpc) is 2.38. The maximum Gasteiger partial charge on any atom is 0.243 e. The highest BCUT2D eigenvalue weighted by Gasteiger charge is 2.46. The van der Waals surface area contributed by atoms with Crippen LogP contribution in [-0.2, 0) is 9.53 Å². The van der Waals surface area contributed by atoms with E-state index in [1.54, 1.807) is 0 Å². The first kappa shape index (κ1) is 15.3. The number of anilines is 1. The van der Waals surface area contributed by atoms with Crippen molar-refractivity contribution < 1.29 is 9.53 Å². The fourth-order valence-electron chi connectivity index (χ4n) is 2.70. The molecule has 2 unspecified atom stereocenters. The smallest absolute Gasteiger partial charge is 0.243 e. The van der Waals surface area contributed by atoms with Gasteiger partial charge in [-0.1, -0.05) is 28.9 Å². The van der Waals surface area contributed by atoms with Crippen LogP contribution >= 0.6 is 15.9 Å². The Morgan fingerprint density at radius 1 is 1.55 bits per heavy atom. The zero-order valence-electron chi connectivity index (χ0n) is 11.9. The minimum absolute atomic E-state index is 0.313. The Morgan fingerprint density at radius 2 is 2.30 bits per heavy atom. The summed E-state index contributed by atoms with van der Waals surface area (Å²) in [5.74, 6) is -0.319. The van der Waals surface area contributed by atoms with Gasteiger partial charge in [-0.2, -0.15) is 0 Å². The minimum atomic E-state index is -0.746. The number of carbonyl (C=O) groups excluding carboxylic acids is 1. The van der Waals surface area contributed by atoms with Gasteiger partial charge in [0.25, 0.3) is 0 Å². The summed E-state index contributed by atoms with van der Waals surface area (Å²) in [7, 11) is 0. The van der Waals surface area contributed by atoms with Crippen LogP contribution in [0.1, 0.15) is 33.1 Å². The minimum Gasteiger partial charge on any atom is -0.375 e. The number of ether oxygens (including phenoxy) is 1. The third kappa shape index (κ3) is 3.15. The number of nitrogens with two attached hydrogens (primary N) is 1. The van der Waals surface area contributed by atoms with Crippen molar-refractivity contribution >= 4 is 27.5 Å². The number of primary amides is 1. The van der Waals surface area contributed by atoms with Crippen molar-refractivity contribution in [3.8, 4) is 0 Å². The number of carbonyl (C=O) groups is 1. The predicted molar refractivity (Wildman–Crippen MR) is 83.6 cm³/mol. The first-order valence-corrected chi connectivity index (χ1v) is 7.66. The molecule has 0 aliphatic carbocycles. The molecule has 1 aromatic carbocycles. The second-order valence-corrected chi connectivity index (χ2v) is 6.58. The molecule has 0 saturated carbocycles. The number of halogens is 1. The molecule has 0 bridgehead atoms. The summed E-state index contributed by atoms with van der Waals surface area (Å²) in [4.78, 5) is 12.1. The van der Waals surface area contributed by atoms with Crippen molar-refractivity contribution in [1.29, 1.82) is 0 Å². The van der Waals surface area contributed by atoms with Crippen molar-refractivity contribution in [3.05, 3.63) is 28.7 Å². The summed E-state index contributed by atoms with van der Waals surface area (Å²) < 4.78 is 6.79. The van der Waals surface area contributed by atoms with Gasteiger partial charge in [-0.25, -0.2) is 0 Å². The highest BCUT2D eigenvalue weighted by Crippen LogP contribution is 2.37. The Hall–Kier alpha value is -1.07. The maximum absolute atomic E-state index is 12.1. The molecule has 1 heterocycles. The van der Waals surface area contributed by atoms with Gasteiger partial charge in [0.1, 0.15) is 5.54 Å². The molecule has 1 aliphatic rings. The quantitative estimate of drug-likeness (QED) is 0.885. The molecule has 110 valence electrons. The normalized spacial score (nSPS) is 29.9. The van der Waals surface area contributed by atoms with Gasteiger partial charge in [0.15, 0.2) is 0 Å². The van der Waals surface area contributed by atoms with Gasteiger partial charge in [-0.05, 0) is 31.5 Å². The highest BCUT2D eigenvalue weighted by atomic mass is 79.9. The van der Waals surface area contributed by atoms with Crippen molar-refractivity contribution in [2.24, 2.45) is 5.73 Å². The monoisotopic (exact) mass is 340 g/mol. The van der Waals surface area contributed by atoms with Crippen molar-refractivity contribution in [2.45, 2.75) is 44.2 Å². The third-order valence-electron chi connectivity index (χ3n) is 4.08. The molecule has 2 rings (SSSR count). The van der Waals surface area contributed by atoms with E-state index < -0.39 is 5.54 Å². The molecule has 0 spiro atoms.